The van der Waals surface area contributed by atoms with E-state index in [4.69, 9.17) is 11.6 Å². The Hall–Kier alpha value is -1.53. The van der Waals surface area contributed by atoms with Gasteiger partial charge < -0.3 is 9.88 Å². The quantitative estimate of drug-likeness (QED) is 0.822. The molecular weight excluding hydrogens is 320 g/mol. The fourth-order valence-corrected chi connectivity index (χ4v) is 2.84. The van der Waals surface area contributed by atoms with Crippen LogP contribution in [0.3, 0.4) is 0 Å². The average Bonchev–Trinajstić information content (AvgIpc) is 2.86. The van der Waals surface area contributed by atoms with Crippen LogP contribution in [-0.2, 0) is 11.8 Å². The topological polar surface area (TPSA) is 59.8 Å². The van der Waals surface area contributed by atoms with Crippen molar-refractivity contribution in [3.63, 3.8) is 0 Å². The number of hydrogen-bond donors (Lipinski definition) is 1. The van der Waals surface area contributed by atoms with E-state index < -0.39 is 0 Å². The number of aromatic nitrogens is 3. The number of thioether (sulfide) groups is 1. The number of carbonyl (C=O) groups excluding carboxylic acids is 1. The van der Waals surface area contributed by atoms with Crippen molar-refractivity contribution in [2.45, 2.75) is 30.7 Å². The molecule has 1 heterocycles. The van der Waals surface area contributed by atoms with Gasteiger partial charge in [-0.2, -0.15) is 0 Å². The lowest BCUT2D eigenvalue weighted by Crippen LogP contribution is -2.31. The van der Waals surface area contributed by atoms with Crippen molar-refractivity contribution in [3.8, 4) is 11.4 Å². The summed E-state index contributed by atoms with van der Waals surface area (Å²) >= 11 is 7.30. The minimum absolute atomic E-state index is 0.0166. The summed E-state index contributed by atoms with van der Waals surface area (Å²) in [4.78, 5) is 11.9. The lowest BCUT2D eigenvalue weighted by Gasteiger charge is -2.11. The second-order valence-electron chi connectivity index (χ2n) is 4.92. The molecule has 22 heavy (non-hydrogen) atoms. The van der Waals surface area contributed by atoms with Crippen molar-refractivity contribution in [3.05, 3.63) is 29.3 Å². The van der Waals surface area contributed by atoms with E-state index in [9.17, 15) is 4.79 Å². The van der Waals surface area contributed by atoms with Crippen molar-refractivity contribution in [2.75, 3.05) is 6.54 Å². The highest BCUT2D eigenvalue weighted by atomic mass is 35.5. The van der Waals surface area contributed by atoms with E-state index in [0.29, 0.717) is 16.7 Å². The summed E-state index contributed by atoms with van der Waals surface area (Å²) in [5, 5.41) is 12.5. The molecule has 1 N–H and O–H groups in total. The molecule has 7 heteroatoms. The summed E-state index contributed by atoms with van der Waals surface area (Å²) in [5.74, 6) is 0.767. The van der Waals surface area contributed by atoms with E-state index in [2.05, 4.69) is 15.5 Å². The van der Waals surface area contributed by atoms with E-state index in [1.807, 2.05) is 49.7 Å². The molecule has 0 aliphatic carbocycles. The second-order valence-corrected chi connectivity index (χ2v) is 6.67. The third-order valence-electron chi connectivity index (χ3n) is 3.14. The fourth-order valence-electron chi connectivity index (χ4n) is 1.87. The van der Waals surface area contributed by atoms with Crippen LogP contribution >= 0.6 is 23.4 Å². The number of carbonyl (C=O) groups is 1. The van der Waals surface area contributed by atoms with E-state index in [-0.39, 0.29) is 11.2 Å². The molecule has 2 aromatic rings. The zero-order valence-electron chi connectivity index (χ0n) is 12.8. The van der Waals surface area contributed by atoms with Gasteiger partial charge in [-0.05, 0) is 37.6 Å². The van der Waals surface area contributed by atoms with Gasteiger partial charge in [0.25, 0.3) is 0 Å². The highest BCUT2D eigenvalue weighted by molar-refractivity contribution is 8.00. The van der Waals surface area contributed by atoms with Gasteiger partial charge in [-0.1, -0.05) is 30.3 Å². The molecule has 0 radical (unpaired) electrons. The van der Waals surface area contributed by atoms with Crippen molar-refractivity contribution in [2.24, 2.45) is 7.05 Å². The Morgan fingerprint density at radius 3 is 2.68 bits per heavy atom. The Bertz CT molecular complexity index is 641. The van der Waals surface area contributed by atoms with Gasteiger partial charge in [0.2, 0.25) is 5.91 Å². The van der Waals surface area contributed by atoms with Gasteiger partial charge in [0.15, 0.2) is 11.0 Å². The number of nitrogens with one attached hydrogen (secondary N) is 1. The smallest absolute Gasteiger partial charge is 0.233 e. The Morgan fingerprint density at radius 1 is 1.36 bits per heavy atom. The van der Waals surface area contributed by atoms with E-state index >= 15 is 0 Å². The zero-order chi connectivity index (χ0) is 16.1. The molecule has 1 aromatic carbocycles. The predicted molar refractivity (Wildman–Crippen MR) is 90.1 cm³/mol. The van der Waals surface area contributed by atoms with Crippen molar-refractivity contribution < 1.29 is 4.79 Å². The maximum Gasteiger partial charge on any atom is 0.233 e. The maximum atomic E-state index is 11.9. The van der Waals surface area contributed by atoms with Crippen molar-refractivity contribution >= 4 is 29.3 Å². The van der Waals surface area contributed by atoms with Gasteiger partial charge in [-0.3, -0.25) is 4.79 Å². The standard InChI is InChI=1S/C15H19ClN4OS/c1-4-9-17-14(21)10(2)22-15-19-18-13(20(15)3)11-5-7-12(16)8-6-11/h5-8,10H,4,9H2,1-3H3,(H,17,21)/t10-/m1/s1. The molecule has 1 aromatic heterocycles. The highest BCUT2D eigenvalue weighted by Crippen LogP contribution is 2.26. The van der Waals surface area contributed by atoms with Crippen LogP contribution in [0.5, 0.6) is 0 Å². The summed E-state index contributed by atoms with van der Waals surface area (Å²) < 4.78 is 1.89. The maximum absolute atomic E-state index is 11.9. The van der Waals surface area contributed by atoms with Gasteiger partial charge >= 0.3 is 0 Å². The Morgan fingerprint density at radius 2 is 2.05 bits per heavy atom. The van der Waals surface area contributed by atoms with E-state index in [0.717, 1.165) is 17.8 Å². The monoisotopic (exact) mass is 338 g/mol. The minimum atomic E-state index is -0.215. The largest absolute Gasteiger partial charge is 0.355 e. The van der Waals surface area contributed by atoms with Crippen LogP contribution < -0.4 is 5.32 Å². The highest BCUT2D eigenvalue weighted by Gasteiger charge is 2.18. The summed E-state index contributed by atoms with van der Waals surface area (Å²) in [6.45, 7) is 4.59. The van der Waals surface area contributed by atoms with Gasteiger partial charge in [-0.25, -0.2) is 0 Å². The Labute approximate surface area is 139 Å². The van der Waals surface area contributed by atoms with Crippen LogP contribution in [0.1, 0.15) is 20.3 Å². The van der Waals surface area contributed by atoms with Crippen LogP contribution in [0.25, 0.3) is 11.4 Å². The minimum Gasteiger partial charge on any atom is -0.355 e. The molecule has 0 spiro atoms. The van der Waals surface area contributed by atoms with E-state index in [1.165, 1.54) is 11.8 Å². The summed E-state index contributed by atoms with van der Waals surface area (Å²) in [6.07, 6.45) is 0.924. The third kappa shape index (κ3) is 4.01. The molecular formula is C15H19ClN4OS. The van der Waals surface area contributed by atoms with Crippen molar-refractivity contribution in [1.29, 1.82) is 0 Å². The first-order valence-corrected chi connectivity index (χ1v) is 8.38. The molecule has 2 rings (SSSR count). The van der Waals surface area contributed by atoms with Crippen LogP contribution in [-0.4, -0.2) is 32.5 Å². The molecule has 0 bridgehead atoms. The molecule has 0 aliphatic rings. The number of rotatable bonds is 6. The van der Waals surface area contributed by atoms with Gasteiger partial charge in [0, 0.05) is 24.2 Å². The number of halogens is 1. The Kier molecular flexibility index (Phi) is 5.85. The molecule has 5 nitrogen and oxygen atoms in total. The molecule has 0 saturated heterocycles. The number of hydrogen-bond acceptors (Lipinski definition) is 4. The molecule has 1 atom stereocenters. The average molecular weight is 339 g/mol. The fraction of sp³-hybridized carbons (Fsp3) is 0.400. The first kappa shape index (κ1) is 16.8. The zero-order valence-corrected chi connectivity index (χ0v) is 14.4. The predicted octanol–water partition coefficient (Wildman–Crippen LogP) is 3.14. The van der Waals surface area contributed by atoms with E-state index in [1.54, 1.807) is 0 Å². The normalized spacial score (nSPS) is 12.2. The second kappa shape index (κ2) is 7.65. The molecule has 118 valence electrons. The first-order chi connectivity index (χ1) is 10.5. The van der Waals surface area contributed by atoms with Gasteiger partial charge in [0.05, 0.1) is 5.25 Å². The lowest BCUT2D eigenvalue weighted by atomic mass is 10.2. The van der Waals surface area contributed by atoms with Crippen molar-refractivity contribution in [1.82, 2.24) is 20.1 Å². The number of nitrogens with zero attached hydrogens (tertiary/aromatic N) is 3. The third-order valence-corrected chi connectivity index (χ3v) is 4.52. The number of benzene rings is 1. The van der Waals surface area contributed by atoms with Crippen LogP contribution in [0.4, 0.5) is 0 Å². The van der Waals surface area contributed by atoms with Crippen LogP contribution in [0.2, 0.25) is 5.02 Å². The number of amides is 1. The molecule has 0 unspecified atom stereocenters. The van der Waals surface area contributed by atoms with Crippen LogP contribution in [0.15, 0.2) is 29.4 Å². The molecule has 0 aliphatic heterocycles. The summed E-state index contributed by atoms with van der Waals surface area (Å²) in [6, 6.07) is 7.44. The molecule has 0 fully saturated rings. The van der Waals surface area contributed by atoms with Gasteiger partial charge in [0.1, 0.15) is 0 Å². The molecule has 1 amide bonds. The first-order valence-electron chi connectivity index (χ1n) is 7.12. The summed E-state index contributed by atoms with van der Waals surface area (Å²) in [7, 11) is 1.89. The lowest BCUT2D eigenvalue weighted by molar-refractivity contribution is -0.120. The van der Waals surface area contributed by atoms with Gasteiger partial charge in [-0.15, -0.1) is 10.2 Å². The SMILES string of the molecule is CCCNC(=O)[C@@H](C)Sc1nnc(-c2ccc(Cl)cc2)n1C. The van der Waals surface area contributed by atoms with Crippen LogP contribution in [0, 0.1) is 0 Å². The molecule has 0 saturated carbocycles. The Balaban J connectivity index is 2.11. The summed E-state index contributed by atoms with van der Waals surface area (Å²) in [5.41, 5.74) is 0.939.